The number of hydrogen-bond acceptors (Lipinski definition) is 3. The number of hydrogen-bond donors (Lipinski definition) is 1. The molecule has 0 amide bonds. The van der Waals surface area contributed by atoms with Gasteiger partial charge in [0.2, 0.25) is 0 Å². The maximum Gasteiger partial charge on any atom is 0.127 e. The molecule has 29 heavy (non-hydrogen) atoms. The first-order chi connectivity index (χ1) is 14.2. The van der Waals surface area contributed by atoms with Crippen LogP contribution in [-0.4, -0.2) is 36.2 Å². The minimum atomic E-state index is -0.507. The summed E-state index contributed by atoms with van der Waals surface area (Å²) in [5.41, 5.74) is 0.813. The Labute approximate surface area is 171 Å². The van der Waals surface area contributed by atoms with Gasteiger partial charge in [-0.2, -0.15) is 0 Å². The quantitative estimate of drug-likeness (QED) is 0.561. The lowest BCUT2D eigenvalue weighted by atomic mass is 9.87. The number of ether oxygens (including phenoxy) is 1. The monoisotopic (exact) mass is 393 g/mol. The summed E-state index contributed by atoms with van der Waals surface area (Å²) in [6, 6.07) is 20.7. The number of likely N-dealkylation sites (tertiary alicyclic amines) is 1. The Balaban J connectivity index is 1.21. The molecule has 1 aliphatic rings. The molecule has 3 nitrogen and oxygen atoms in total. The molecule has 0 aromatic heterocycles. The number of aliphatic hydroxyl groups is 1. The topological polar surface area (TPSA) is 32.7 Å². The zero-order valence-electron chi connectivity index (χ0n) is 16.6. The van der Waals surface area contributed by atoms with E-state index in [2.05, 4.69) is 23.1 Å². The Morgan fingerprint density at radius 1 is 0.966 bits per heavy atom. The third-order valence-electron chi connectivity index (χ3n) is 5.92. The summed E-state index contributed by atoms with van der Waals surface area (Å²) in [4.78, 5) is 2.44. The highest BCUT2D eigenvalue weighted by Crippen LogP contribution is 2.31. The van der Waals surface area contributed by atoms with Gasteiger partial charge in [-0.1, -0.05) is 48.5 Å². The molecule has 1 fully saturated rings. The van der Waals surface area contributed by atoms with E-state index in [0.29, 0.717) is 6.61 Å². The molecule has 1 atom stereocenters. The van der Waals surface area contributed by atoms with Crippen molar-refractivity contribution in [2.24, 2.45) is 5.92 Å². The smallest absolute Gasteiger partial charge is 0.127 e. The van der Waals surface area contributed by atoms with Crippen LogP contribution < -0.4 is 4.74 Å². The van der Waals surface area contributed by atoms with Crippen LogP contribution in [0.4, 0.5) is 4.39 Å². The lowest BCUT2D eigenvalue weighted by Crippen LogP contribution is -2.36. The fourth-order valence-electron chi connectivity index (χ4n) is 4.22. The highest BCUT2D eigenvalue weighted by Gasteiger charge is 2.26. The van der Waals surface area contributed by atoms with Gasteiger partial charge in [-0.05, 0) is 67.4 Å². The van der Waals surface area contributed by atoms with Crippen molar-refractivity contribution in [2.75, 3.05) is 26.2 Å². The van der Waals surface area contributed by atoms with Gasteiger partial charge in [0.1, 0.15) is 11.6 Å². The lowest BCUT2D eigenvalue weighted by Gasteiger charge is -2.34. The first-order valence-corrected chi connectivity index (χ1v) is 10.5. The summed E-state index contributed by atoms with van der Waals surface area (Å²) in [6.07, 6.45) is 2.40. The standard InChI is InChI=1S/C25H28FNO2/c26-22-11-9-20(10-12-22)25(28)21-13-16-27(17-14-21)15-4-18-29-24-8-3-6-19-5-1-2-7-23(19)24/h1-3,5-12,21,25,28H,4,13-18H2. The van der Waals surface area contributed by atoms with Gasteiger partial charge in [0.15, 0.2) is 0 Å². The van der Waals surface area contributed by atoms with Crippen molar-refractivity contribution >= 4 is 10.8 Å². The summed E-state index contributed by atoms with van der Waals surface area (Å²) in [5.74, 6) is 0.925. The summed E-state index contributed by atoms with van der Waals surface area (Å²) in [5, 5.41) is 12.9. The van der Waals surface area contributed by atoms with E-state index >= 15 is 0 Å². The second-order valence-corrected chi connectivity index (χ2v) is 7.85. The molecule has 0 spiro atoms. The van der Waals surface area contributed by atoms with Crippen molar-refractivity contribution in [1.29, 1.82) is 0 Å². The average molecular weight is 394 g/mol. The molecular weight excluding hydrogens is 365 g/mol. The number of benzene rings is 3. The van der Waals surface area contributed by atoms with E-state index < -0.39 is 6.10 Å². The van der Waals surface area contributed by atoms with Crippen LogP contribution >= 0.6 is 0 Å². The van der Waals surface area contributed by atoms with Crippen molar-refractivity contribution in [3.05, 3.63) is 78.1 Å². The van der Waals surface area contributed by atoms with Gasteiger partial charge in [-0.15, -0.1) is 0 Å². The summed E-state index contributed by atoms with van der Waals surface area (Å²) >= 11 is 0. The van der Waals surface area contributed by atoms with Gasteiger partial charge < -0.3 is 14.7 Å². The predicted molar refractivity (Wildman–Crippen MR) is 115 cm³/mol. The third-order valence-corrected chi connectivity index (χ3v) is 5.92. The Hall–Kier alpha value is -2.43. The fourth-order valence-corrected chi connectivity index (χ4v) is 4.22. The van der Waals surface area contributed by atoms with Gasteiger partial charge in [0, 0.05) is 11.9 Å². The Kier molecular flexibility index (Phi) is 6.43. The van der Waals surface area contributed by atoms with Crippen LogP contribution in [0.1, 0.15) is 30.9 Å². The maximum atomic E-state index is 13.1. The van der Waals surface area contributed by atoms with E-state index in [-0.39, 0.29) is 11.7 Å². The average Bonchev–Trinajstić information content (AvgIpc) is 2.77. The molecule has 1 heterocycles. The molecular formula is C25H28FNO2. The van der Waals surface area contributed by atoms with Gasteiger partial charge in [-0.3, -0.25) is 0 Å². The first-order valence-electron chi connectivity index (χ1n) is 10.5. The number of aliphatic hydroxyl groups excluding tert-OH is 1. The fraction of sp³-hybridized carbons (Fsp3) is 0.360. The van der Waals surface area contributed by atoms with Crippen LogP contribution in [-0.2, 0) is 0 Å². The summed E-state index contributed by atoms with van der Waals surface area (Å²) in [6.45, 7) is 3.67. The Bertz CT molecular complexity index is 914. The van der Waals surface area contributed by atoms with Crippen molar-refractivity contribution in [1.82, 2.24) is 4.90 Å². The Morgan fingerprint density at radius 3 is 2.48 bits per heavy atom. The van der Waals surface area contributed by atoms with Crippen molar-refractivity contribution in [3.8, 4) is 5.75 Å². The second-order valence-electron chi connectivity index (χ2n) is 7.85. The number of rotatable bonds is 7. The molecule has 3 aromatic carbocycles. The zero-order chi connectivity index (χ0) is 20.1. The zero-order valence-corrected chi connectivity index (χ0v) is 16.6. The molecule has 1 saturated heterocycles. The van der Waals surface area contributed by atoms with Gasteiger partial charge in [0.25, 0.3) is 0 Å². The predicted octanol–water partition coefficient (Wildman–Crippen LogP) is 5.19. The van der Waals surface area contributed by atoms with Crippen LogP contribution in [0.2, 0.25) is 0 Å². The van der Waals surface area contributed by atoms with Gasteiger partial charge >= 0.3 is 0 Å². The third kappa shape index (κ3) is 4.95. The molecule has 1 N–H and O–H groups in total. The molecule has 4 heteroatoms. The first kappa shape index (κ1) is 19.9. The van der Waals surface area contributed by atoms with E-state index in [1.165, 1.54) is 17.5 Å². The number of piperidine rings is 1. The maximum absolute atomic E-state index is 13.1. The Morgan fingerprint density at radius 2 is 1.69 bits per heavy atom. The van der Waals surface area contributed by atoms with E-state index in [0.717, 1.165) is 55.6 Å². The van der Waals surface area contributed by atoms with Gasteiger partial charge in [-0.25, -0.2) is 4.39 Å². The number of fused-ring (bicyclic) bond motifs is 1. The summed E-state index contributed by atoms with van der Waals surface area (Å²) in [7, 11) is 0. The molecule has 4 rings (SSSR count). The minimum Gasteiger partial charge on any atom is -0.493 e. The molecule has 0 aliphatic carbocycles. The van der Waals surface area contributed by atoms with Crippen LogP contribution in [0.3, 0.4) is 0 Å². The molecule has 0 saturated carbocycles. The highest BCUT2D eigenvalue weighted by atomic mass is 19.1. The largest absolute Gasteiger partial charge is 0.493 e. The van der Waals surface area contributed by atoms with E-state index in [9.17, 15) is 9.50 Å². The van der Waals surface area contributed by atoms with Crippen LogP contribution in [0, 0.1) is 11.7 Å². The van der Waals surface area contributed by atoms with Crippen LogP contribution in [0.5, 0.6) is 5.75 Å². The van der Waals surface area contributed by atoms with Crippen molar-refractivity contribution < 1.29 is 14.2 Å². The second kappa shape index (κ2) is 9.38. The molecule has 1 unspecified atom stereocenters. The molecule has 152 valence electrons. The van der Waals surface area contributed by atoms with Crippen LogP contribution in [0.25, 0.3) is 10.8 Å². The molecule has 1 aliphatic heterocycles. The highest BCUT2D eigenvalue weighted by molar-refractivity contribution is 5.88. The minimum absolute atomic E-state index is 0.239. The molecule has 3 aromatic rings. The number of halogens is 1. The molecule has 0 bridgehead atoms. The van der Waals surface area contributed by atoms with E-state index in [1.54, 1.807) is 12.1 Å². The van der Waals surface area contributed by atoms with E-state index in [4.69, 9.17) is 4.74 Å². The van der Waals surface area contributed by atoms with Crippen LogP contribution in [0.15, 0.2) is 66.7 Å². The van der Waals surface area contributed by atoms with Crippen molar-refractivity contribution in [2.45, 2.75) is 25.4 Å². The SMILES string of the molecule is OC(c1ccc(F)cc1)C1CCN(CCCOc2cccc3ccccc23)CC1. The summed E-state index contributed by atoms with van der Waals surface area (Å²) < 4.78 is 19.1. The molecule has 0 radical (unpaired) electrons. The lowest BCUT2D eigenvalue weighted by molar-refractivity contribution is 0.0574. The van der Waals surface area contributed by atoms with E-state index in [1.807, 2.05) is 24.3 Å². The normalized spacial score (nSPS) is 16.8. The van der Waals surface area contributed by atoms with Crippen molar-refractivity contribution in [3.63, 3.8) is 0 Å². The van der Waals surface area contributed by atoms with Gasteiger partial charge in [0.05, 0.1) is 12.7 Å². The number of nitrogens with zero attached hydrogens (tertiary/aromatic N) is 1.